The molecule has 0 spiro atoms. The highest BCUT2D eigenvalue weighted by Gasteiger charge is 2.37. The molecule has 0 aliphatic heterocycles. The molecule has 204 valence electrons. The van der Waals surface area contributed by atoms with Gasteiger partial charge in [-0.05, 0) is 44.0 Å². The van der Waals surface area contributed by atoms with Gasteiger partial charge in [0.2, 0.25) is 0 Å². The van der Waals surface area contributed by atoms with Crippen molar-refractivity contribution in [1.82, 2.24) is 5.32 Å². The molecule has 40 heavy (non-hydrogen) atoms. The van der Waals surface area contributed by atoms with Crippen molar-refractivity contribution in [2.45, 2.75) is 51.1 Å². The van der Waals surface area contributed by atoms with Gasteiger partial charge in [-0.25, -0.2) is 0 Å². The van der Waals surface area contributed by atoms with Gasteiger partial charge in [-0.15, -0.1) is 0 Å². The third kappa shape index (κ3) is 6.18. The van der Waals surface area contributed by atoms with Gasteiger partial charge in [-0.3, -0.25) is 19.3 Å². The summed E-state index contributed by atoms with van der Waals surface area (Å²) >= 11 is 6.47. The average Bonchev–Trinajstić information content (AvgIpc) is 2.97. The summed E-state index contributed by atoms with van der Waals surface area (Å²) in [6, 6.07) is 24.6. The first-order valence-electron chi connectivity index (χ1n) is 13.6. The van der Waals surface area contributed by atoms with Gasteiger partial charge in [-0.2, -0.15) is 0 Å². The molecule has 1 atom stereocenters. The van der Waals surface area contributed by atoms with Crippen LogP contribution in [0.25, 0.3) is 11.3 Å². The highest BCUT2D eigenvalue weighted by atomic mass is 35.5. The number of anilines is 1. The number of carbonyl (C=O) groups is 2. The summed E-state index contributed by atoms with van der Waals surface area (Å²) in [5, 5.41) is 3.41. The molecule has 1 aromatic heterocycles. The minimum atomic E-state index is -1.26. The largest absolute Gasteiger partial charge is 0.458 e. The zero-order valence-electron chi connectivity index (χ0n) is 22.3. The molecule has 5 rings (SSSR count). The van der Waals surface area contributed by atoms with E-state index in [-0.39, 0.29) is 27.8 Å². The van der Waals surface area contributed by atoms with Crippen molar-refractivity contribution in [3.8, 4) is 11.3 Å². The zero-order chi connectivity index (χ0) is 28.1. The van der Waals surface area contributed by atoms with Crippen molar-refractivity contribution in [2.24, 2.45) is 0 Å². The number of halogens is 1. The topological polar surface area (TPSA) is 79.6 Å². The Labute approximate surface area is 238 Å². The van der Waals surface area contributed by atoms with E-state index in [1.165, 1.54) is 17.0 Å². The molecule has 7 heteroatoms. The van der Waals surface area contributed by atoms with Gasteiger partial charge in [0.05, 0.1) is 10.6 Å². The fourth-order valence-electron chi connectivity index (χ4n) is 5.13. The molecular weight excluding hydrogens is 524 g/mol. The summed E-state index contributed by atoms with van der Waals surface area (Å²) in [4.78, 5) is 42.8. The maximum atomic E-state index is 14.2. The van der Waals surface area contributed by atoms with E-state index >= 15 is 0 Å². The summed E-state index contributed by atoms with van der Waals surface area (Å²) in [7, 11) is 0. The number of hydrogen-bond donors (Lipinski definition) is 1. The Hall–Kier alpha value is -4.16. The number of aryl methyl sites for hydroxylation is 1. The SMILES string of the molecule is Cc1ccc(N(C(=O)c2ccccc2Cl)C(C(=O)NC2CCCCC2)c2cc(=O)cc(-c3ccccc3)o2)cc1. The molecule has 2 amide bonds. The Morgan fingerprint density at radius 2 is 1.57 bits per heavy atom. The first-order valence-corrected chi connectivity index (χ1v) is 13.9. The molecule has 1 aliphatic carbocycles. The monoisotopic (exact) mass is 554 g/mol. The van der Waals surface area contributed by atoms with Crippen LogP contribution in [0.5, 0.6) is 0 Å². The van der Waals surface area contributed by atoms with Gasteiger partial charge >= 0.3 is 0 Å². The minimum absolute atomic E-state index is 0.0249. The van der Waals surface area contributed by atoms with Crippen LogP contribution in [0.1, 0.15) is 59.8 Å². The quantitative estimate of drug-likeness (QED) is 0.264. The highest BCUT2D eigenvalue weighted by molar-refractivity contribution is 6.34. The van der Waals surface area contributed by atoms with E-state index in [1.54, 1.807) is 36.4 Å². The molecule has 0 bridgehead atoms. The Bertz CT molecular complexity index is 1540. The second-order valence-corrected chi connectivity index (χ2v) is 10.6. The number of amides is 2. The molecular formula is C33H31ClN2O4. The maximum absolute atomic E-state index is 14.2. The number of nitrogens with one attached hydrogen (secondary N) is 1. The van der Waals surface area contributed by atoms with Crippen LogP contribution in [0.3, 0.4) is 0 Å². The maximum Gasteiger partial charge on any atom is 0.260 e. The number of benzene rings is 3. The predicted molar refractivity (Wildman–Crippen MR) is 158 cm³/mol. The standard InChI is InChI=1S/C33H31ClN2O4/c1-22-16-18-25(19-17-22)36(33(39)27-14-8-9-15-28(27)34)31(32(38)35-24-12-6-3-7-13-24)30-21-26(37)20-29(40-30)23-10-4-2-5-11-23/h2,4-5,8-11,14-21,24,31H,3,6-7,12-13H2,1H3,(H,35,38). The van der Waals surface area contributed by atoms with E-state index in [1.807, 2.05) is 49.4 Å². The third-order valence-corrected chi connectivity index (χ3v) is 7.54. The number of nitrogens with zero attached hydrogens (tertiary/aromatic N) is 1. The summed E-state index contributed by atoms with van der Waals surface area (Å²) < 4.78 is 6.27. The van der Waals surface area contributed by atoms with Gasteiger partial charge < -0.3 is 9.73 Å². The van der Waals surface area contributed by atoms with Crippen molar-refractivity contribution in [3.63, 3.8) is 0 Å². The smallest absolute Gasteiger partial charge is 0.260 e. The number of carbonyl (C=O) groups excluding carboxylic acids is 2. The lowest BCUT2D eigenvalue weighted by molar-refractivity contribution is -0.123. The van der Waals surface area contributed by atoms with E-state index in [4.69, 9.17) is 16.0 Å². The van der Waals surface area contributed by atoms with Gasteiger partial charge in [0.15, 0.2) is 11.5 Å². The van der Waals surface area contributed by atoms with E-state index in [9.17, 15) is 14.4 Å². The van der Waals surface area contributed by atoms with Crippen molar-refractivity contribution < 1.29 is 14.0 Å². The second kappa shape index (κ2) is 12.3. The van der Waals surface area contributed by atoms with Crippen LogP contribution in [0, 0.1) is 6.92 Å². The third-order valence-electron chi connectivity index (χ3n) is 7.21. The highest BCUT2D eigenvalue weighted by Crippen LogP contribution is 2.33. The van der Waals surface area contributed by atoms with E-state index in [2.05, 4.69) is 5.32 Å². The fourth-order valence-corrected chi connectivity index (χ4v) is 5.35. The minimum Gasteiger partial charge on any atom is -0.458 e. The normalized spacial score (nSPS) is 14.3. The Morgan fingerprint density at radius 1 is 0.900 bits per heavy atom. The first kappa shape index (κ1) is 27.4. The van der Waals surface area contributed by atoms with Gasteiger partial charge in [-0.1, -0.05) is 91.0 Å². The molecule has 1 heterocycles. The molecule has 1 N–H and O–H groups in total. The molecule has 1 aliphatic rings. The summed E-state index contributed by atoms with van der Waals surface area (Å²) in [6.07, 6.45) is 4.89. The summed E-state index contributed by atoms with van der Waals surface area (Å²) in [5.74, 6) is -0.513. The average molecular weight is 555 g/mol. The number of hydrogen-bond acceptors (Lipinski definition) is 4. The van der Waals surface area contributed by atoms with Crippen LogP contribution in [-0.4, -0.2) is 17.9 Å². The van der Waals surface area contributed by atoms with Gasteiger partial charge in [0.1, 0.15) is 11.5 Å². The van der Waals surface area contributed by atoms with Crippen molar-refractivity contribution in [3.05, 3.63) is 123 Å². The second-order valence-electron chi connectivity index (χ2n) is 10.2. The zero-order valence-corrected chi connectivity index (χ0v) is 23.1. The molecule has 1 unspecified atom stereocenters. The van der Waals surface area contributed by atoms with Crippen LogP contribution >= 0.6 is 11.6 Å². The van der Waals surface area contributed by atoms with Gasteiger partial charge in [0.25, 0.3) is 11.8 Å². The van der Waals surface area contributed by atoms with E-state index in [0.29, 0.717) is 17.0 Å². The molecule has 0 radical (unpaired) electrons. The summed E-state index contributed by atoms with van der Waals surface area (Å²) in [6.45, 7) is 1.94. The molecule has 1 saturated carbocycles. The molecule has 4 aromatic rings. The Morgan fingerprint density at radius 3 is 2.27 bits per heavy atom. The van der Waals surface area contributed by atoms with Crippen molar-refractivity contribution >= 4 is 29.1 Å². The van der Waals surface area contributed by atoms with Crippen LogP contribution in [-0.2, 0) is 4.79 Å². The van der Waals surface area contributed by atoms with Crippen LogP contribution < -0.4 is 15.6 Å². The lowest BCUT2D eigenvalue weighted by atomic mass is 9.95. The molecule has 0 saturated heterocycles. The van der Waals surface area contributed by atoms with Crippen LogP contribution in [0.4, 0.5) is 5.69 Å². The van der Waals surface area contributed by atoms with E-state index < -0.39 is 17.9 Å². The van der Waals surface area contributed by atoms with Gasteiger partial charge in [0, 0.05) is 29.4 Å². The predicted octanol–water partition coefficient (Wildman–Crippen LogP) is 7.11. The molecule has 3 aromatic carbocycles. The van der Waals surface area contributed by atoms with Crippen LogP contribution in [0.2, 0.25) is 5.02 Å². The van der Waals surface area contributed by atoms with E-state index in [0.717, 1.165) is 37.7 Å². The number of rotatable bonds is 7. The van der Waals surface area contributed by atoms with Crippen molar-refractivity contribution in [1.29, 1.82) is 0 Å². The first-order chi connectivity index (χ1) is 19.4. The lowest BCUT2D eigenvalue weighted by Gasteiger charge is -2.33. The summed E-state index contributed by atoms with van der Waals surface area (Å²) in [5.41, 5.74) is 2.07. The van der Waals surface area contributed by atoms with Crippen molar-refractivity contribution in [2.75, 3.05) is 4.90 Å². The molecule has 6 nitrogen and oxygen atoms in total. The molecule has 1 fully saturated rings. The fraction of sp³-hybridized carbons (Fsp3) is 0.242. The Balaban J connectivity index is 1.68. The Kier molecular flexibility index (Phi) is 8.46. The van der Waals surface area contributed by atoms with Crippen LogP contribution in [0.15, 0.2) is 100 Å². The lowest BCUT2D eigenvalue weighted by Crippen LogP contribution is -2.47.